The van der Waals surface area contributed by atoms with E-state index in [0.29, 0.717) is 25.7 Å². The van der Waals surface area contributed by atoms with Crippen LogP contribution in [-0.4, -0.2) is 166 Å². The molecule has 0 heterocycles. The number of hydrogen-bond acceptors (Lipinski definition) is 12. The average molecular weight is 746 g/mol. The number of rotatable bonds is 28. The molecule has 0 saturated heterocycles. The number of hydrogen-bond donors (Lipinski definition) is 4. The lowest BCUT2D eigenvalue weighted by Gasteiger charge is -2.30. The molecule has 0 spiro atoms. The van der Waals surface area contributed by atoms with Gasteiger partial charge in [0.2, 0.25) is 5.91 Å². The van der Waals surface area contributed by atoms with Gasteiger partial charge in [0.15, 0.2) is 0 Å². The van der Waals surface area contributed by atoms with Gasteiger partial charge in [-0.2, -0.15) is 0 Å². The maximum Gasteiger partial charge on any atom is 0.407 e. The number of ketones is 1. The number of ether oxygens (including phenoxy) is 2. The molecule has 0 aromatic heterocycles. The van der Waals surface area contributed by atoms with Crippen LogP contribution in [0.4, 0.5) is 4.79 Å². The number of aliphatic carboxylic acids is 3. The Hall–Kier alpha value is -3.83. The molecule has 0 aliphatic heterocycles. The summed E-state index contributed by atoms with van der Waals surface area (Å²) in [5.74, 6) is -4.84. The van der Waals surface area contributed by atoms with E-state index in [4.69, 9.17) is 9.47 Å². The number of nitrogens with one attached hydrogen (secondary N) is 1. The number of Topliss-reactive ketones (excluding diaryl/α,β-unsaturated/α-hetero) is 1. The SMILES string of the molecule is CCCCCCC(=O)CN(CCN(CCN(CC(=O)O)CC(=O)N(CCCCNC(=O)OC(C)(C)C)CC(=O)OC(C)(C)C)CC(=O)O)CC(=O)O. The Bertz CT molecular complexity index is 1150. The first-order chi connectivity index (χ1) is 24.1. The topological polar surface area (TPSA) is 224 Å². The third-order valence-electron chi connectivity index (χ3n) is 7.23. The van der Waals surface area contributed by atoms with E-state index in [9.17, 15) is 48.9 Å². The van der Waals surface area contributed by atoms with Gasteiger partial charge in [0.05, 0.1) is 32.7 Å². The third-order valence-corrected chi connectivity index (χ3v) is 7.23. The van der Waals surface area contributed by atoms with Gasteiger partial charge in [-0.15, -0.1) is 0 Å². The molecule has 0 radical (unpaired) electrons. The number of carbonyl (C=O) groups is 7. The zero-order valence-electron chi connectivity index (χ0n) is 32.2. The molecule has 0 aliphatic rings. The summed E-state index contributed by atoms with van der Waals surface area (Å²) in [5, 5.41) is 31.1. The Morgan fingerprint density at radius 1 is 0.558 bits per heavy atom. The highest BCUT2D eigenvalue weighted by molar-refractivity contribution is 5.84. The van der Waals surface area contributed by atoms with Crippen molar-refractivity contribution in [2.24, 2.45) is 0 Å². The number of unbranched alkanes of at least 4 members (excludes halogenated alkanes) is 4. The van der Waals surface area contributed by atoms with Crippen LogP contribution in [0.25, 0.3) is 0 Å². The van der Waals surface area contributed by atoms with Crippen LogP contribution in [0.1, 0.15) is 93.4 Å². The van der Waals surface area contributed by atoms with Crippen LogP contribution < -0.4 is 5.32 Å². The maximum atomic E-state index is 13.5. The van der Waals surface area contributed by atoms with Crippen LogP contribution in [0, 0.1) is 0 Å². The Morgan fingerprint density at radius 2 is 1.06 bits per heavy atom. The smallest absolute Gasteiger partial charge is 0.407 e. The van der Waals surface area contributed by atoms with E-state index >= 15 is 0 Å². The van der Waals surface area contributed by atoms with E-state index in [-0.39, 0.29) is 51.6 Å². The Kier molecular flexibility index (Phi) is 23.3. The molecule has 0 bridgehead atoms. The van der Waals surface area contributed by atoms with E-state index in [1.807, 2.05) is 0 Å². The predicted octanol–water partition coefficient (Wildman–Crippen LogP) is 2.16. The first-order valence-electron chi connectivity index (χ1n) is 17.9. The molecule has 0 aromatic carbocycles. The van der Waals surface area contributed by atoms with Crippen molar-refractivity contribution in [1.29, 1.82) is 0 Å². The summed E-state index contributed by atoms with van der Waals surface area (Å²) >= 11 is 0. The highest BCUT2D eigenvalue weighted by Crippen LogP contribution is 2.10. The molecule has 300 valence electrons. The van der Waals surface area contributed by atoms with Crippen molar-refractivity contribution in [3.05, 3.63) is 0 Å². The summed E-state index contributed by atoms with van der Waals surface area (Å²) < 4.78 is 10.6. The minimum atomic E-state index is -1.23. The molecule has 0 aliphatic carbocycles. The molecule has 17 heteroatoms. The fraction of sp³-hybridized carbons (Fsp3) is 0.800. The lowest BCUT2D eigenvalue weighted by molar-refractivity contribution is -0.159. The Balaban J connectivity index is 5.62. The Labute approximate surface area is 307 Å². The van der Waals surface area contributed by atoms with Crippen molar-refractivity contribution in [1.82, 2.24) is 24.9 Å². The average Bonchev–Trinajstić information content (AvgIpc) is 2.97. The summed E-state index contributed by atoms with van der Waals surface area (Å²) in [7, 11) is 0. The van der Waals surface area contributed by atoms with Gasteiger partial charge in [0.1, 0.15) is 23.5 Å². The van der Waals surface area contributed by atoms with Crippen molar-refractivity contribution >= 4 is 41.7 Å². The summed E-state index contributed by atoms with van der Waals surface area (Å²) in [6, 6.07) is 0. The van der Waals surface area contributed by atoms with E-state index in [2.05, 4.69) is 12.2 Å². The fourth-order valence-corrected chi connectivity index (χ4v) is 4.96. The van der Waals surface area contributed by atoms with E-state index in [1.165, 1.54) is 19.6 Å². The van der Waals surface area contributed by atoms with Crippen LogP contribution in [0.15, 0.2) is 0 Å². The minimum Gasteiger partial charge on any atom is -0.480 e. The first kappa shape index (κ1) is 48.2. The van der Waals surface area contributed by atoms with E-state index in [0.717, 1.165) is 19.3 Å². The molecule has 0 saturated carbocycles. The molecule has 2 amide bonds. The third kappa shape index (κ3) is 27.8. The second kappa shape index (κ2) is 25.2. The summed E-state index contributed by atoms with van der Waals surface area (Å²) in [6.07, 6.45) is 4.19. The Morgan fingerprint density at radius 3 is 1.56 bits per heavy atom. The molecule has 0 atom stereocenters. The van der Waals surface area contributed by atoms with Gasteiger partial charge in [0.25, 0.3) is 0 Å². The number of esters is 1. The van der Waals surface area contributed by atoms with Crippen LogP contribution in [0.3, 0.4) is 0 Å². The quantitative estimate of drug-likeness (QED) is 0.0665. The lowest BCUT2D eigenvalue weighted by Crippen LogP contribution is -2.48. The van der Waals surface area contributed by atoms with Crippen LogP contribution in [-0.2, 0) is 38.2 Å². The highest BCUT2D eigenvalue weighted by atomic mass is 16.6. The second-order valence-electron chi connectivity index (χ2n) is 14.8. The number of carbonyl (C=O) groups excluding carboxylic acids is 4. The van der Waals surface area contributed by atoms with Crippen molar-refractivity contribution in [3.8, 4) is 0 Å². The number of carboxylic acid groups (broad SMARTS) is 3. The normalized spacial score (nSPS) is 11.8. The van der Waals surface area contributed by atoms with Crippen molar-refractivity contribution in [2.45, 2.75) is 105 Å². The summed E-state index contributed by atoms with van der Waals surface area (Å²) in [4.78, 5) is 91.1. The molecule has 0 unspecified atom stereocenters. The molecule has 0 aromatic rings. The standard InChI is InChI=1S/C35H63N5O12/c1-8-9-10-11-14-27(41)21-38(24-30(45)46)19-17-37(23-29(43)44)18-20-39(25-31(47)48)22-28(42)40(26-32(49)51-34(2,3)4)16-13-12-15-36-33(50)52-35(5,6)7/h8-26H2,1-7H3,(H,36,50)(H,43,44)(H,45,46)(H,47,48). The zero-order chi connectivity index (χ0) is 39.9. The van der Waals surface area contributed by atoms with Crippen LogP contribution in [0.2, 0.25) is 0 Å². The largest absolute Gasteiger partial charge is 0.480 e. The number of alkyl carbamates (subject to hydrolysis) is 1. The van der Waals surface area contributed by atoms with Gasteiger partial charge in [-0.3, -0.25) is 43.5 Å². The van der Waals surface area contributed by atoms with Gasteiger partial charge in [-0.1, -0.05) is 26.2 Å². The zero-order valence-corrected chi connectivity index (χ0v) is 32.2. The van der Waals surface area contributed by atoms with Gasteiger partial charge in [-0.05, 0) is 60.8 Å². The first-order valence-corrected chi connectivity index (χ1v) is 17.9. The van der Waals surface area contributed by atoms with Crippen LogP contribution >= 0.6 is 0 Å². The lowest BCUT2D eigenvalue weighted by atomic mass is 10.1. The molecule has 17 nitrogen and oxygen atoms in total. The van der Waals surface area contributed by atoms with E-state index < -0.39 is 79.8 Å². The van der Waals surface area contributed by atoms with E-state index in [1.54, 1.807) is 41.5 Å². The maximum absolute atomic E-state index is 13.5. The number of nitrogens with zero attached hydrogens (tertiary/aromatic N) is 4. The second-order valence-corrected chi connectivity index (χ2v) is 14.8. The predicted molar refractivity (Wildman–Crippen MR) is 192 cm³/mol. The molecule has 0 fully saturated rings. The number of carboxylic acids is 3. The van der Waals surface area contributed by atoms with Crippen molar-refractivity contribution in [2.75, 3.05) is 78.5 Å². The van der Waals surface area contributed by atoms with Gasteiger partial charge >= 0.3 is 30.0 Å². The molecule has 4 N–H and O–H groups in total. The number of amides is 2. The molecular formula is C35H63N5O12. The van der Waals surface area contributed by atoms with Crippen LogP contribution in [0.5, 0.6) is 0 Å². The van der Waals surface area contributed by atoms with Gasteiger partial charge in [0, 0.05) is 45.7 Å². The molecule has 52 heavy (non-hydrogen) atoms. The van der Waals surface area contributed by atoms with Crippen molar-refractivity contribution < 1.29 is 58.4 Å². The molecule has 0 rings (SSSR count). The summed E-state index contributed by atoms with van der Waals surface area (Å²) in [6.45, 7) is 10.5. The minimum absolute atomic E-state index is 0.0150. The molecular weight excluding hydrogens is 682 g/mol. The highest BCUT2D eigenvalue weighted by Gasteiger charge is 2.25. The summed E-state index contributed by atoms with van der Waals surface area (Å²) in [5.41, 5.74) is -1.48. The van der Waals surface area contributed by atoms with Crippen molar-refractivity contribution in [3.63, 3.8) is 0 Å². The van der Waals surface area contributed by atoms with Gasteiger partial charge in [-0.25, -0.2) is 4.79 Å². The fourth-order valence-electron chi connectivity index (χ4n) is 4.96. The monoisotopic (exact) mass is 745 g/mol. The van der Waals surface area contributed by atoms with Gasteiger partial charge < -0.3 is 35.0 Å².